The standard InChI is InChI=1S/C9H7Cl2FN4/c10-5-1-4(2-6(11)9(5)12)14-8-3-7(13)15-16-8/h1-3H,(H4,13,14,15,16). The van der Waals surface area contributed by atoms with Crippen LogP contribution in [0, 0.1) is 5.82 Å². The molecule has 2 aromatic rings. The van der Waals surface area contributed by atoms with Gasteiger partial charge in [-0.25, -0.2) is 4.39 Å². The van der Waals surface area contributed by atoms with Crippen molar-refractivity contribution in [2.75, 3.05) is 11.1 Å². The number of halogens is 3. The fourth-order valence-electron chi connectivity index (χ4n) is 1.18. The Labute approximate surface area is 101 Å². The van der Waals surface area contributed by atoms with Gasteiger partial charge in [0.2, 0.25) is 0 Å². The Kier molecular flexibility index (Phi) is 2.89. The van der Waals surface area contributed by atoms with Gasteiger partial charge in [0.05, 0.1) is 10.0 Å². The van der Waals surface area contributed by atoms with Gasteiger partial charge in [-0.15, -0.1) is 0 Å². The van der Waals surface area contributed by atoms with Crippen LogP contribution >= 0.6 is 23.2 Å². The Bertz CT molecular complexity index is 503. The lowest BCUT2D eigenvalue weighted by molar-refractivity contribution is 0.629. The highest BCUT2D eigenvalue weighted by molar-refractivity contribution is 6.35. The molecule has 0 unspecified atom stereocenters. The van der Waals surface area contributed by atoms with E-state index in [1.165, 1.54) is 12.1 Å². The Balaban J connectivity index is 2.28. The van der Waals surface area contributed by atoms with E-state index in [1.807, 2.05) is 0 Å². The van der Waals surface area contributed by atoms with E-state index in [9.17, 15) is 4.39 Å². The molecule has 84 valence electrons. The minimum Gasteiger partial charge on any atom is -0.384 e. The van der Waals surface area contributed by atoms with Crippen LogP contribution in [0.1, 0.15) is 0 Å². The van der Waals surface area contributed by atoms with E-state index in [0.717, 1.165) is 0 Å². The summed E-state index contributed by atoms with van der Waals surface area (Å²) in [5, 5.41) is 9.17. The average molecular weight is 261 g/mol. The number of anilines is 3. The van der Waals surface area contributed by atoms with Crippen molar-refractivity contribution in [3.63, 3.8) is 0 Å². The number of nitrogens with one attached hydrogen (secondary N) is 2. The highest BCUT2D eigenvalue weighted by Crippen LogP contribution is 2.28. The number of benzene rings is 1. The van der Waals surface area contributed by atoms with E-state index in [2.05, 4.69) is 15.5 Å². The highest BCUT2D eigenvalue weighted by Gasteiger charge is 2.08. The Morgan fingerprint density at radius 1 is 1.25 bits per heavy atom. The molecule has 1 aromatic carbocycles. The van der Waals surface area contributed by atoms with Crippen molar-refractivity contribution >= 4 is 40.5 Å². The minimum atomic E-state index is -0.643. The number of nitrogens with two attached hydrogens (primary N) is 1. The number of hydrogen-bond acceptors (Lipinski definition) is 3. The summed E-state index contributed by atoms with van der Waals surface area (Å²) in [5.74, 6) is 0.272. The van der Waals surface area contributed by atoms with Crippen LogP contribution < -0.4 is 11.1 Å². The molecular formula is C9H7Cl2FN4. The molecule has 2 rings (SSSR count). The third-order valence-electron chi connectivity index (χ3n) is 1.85. The topological polar surface area (TPSA) is 66.7 Å². The molecule has 0 saturated heterocycles. The Morgan fingerprint density at radius 2 is 1.88 bits per heavy atom. The van der Waals surface area contributed by atoms with Crippen molar-refractivity contribution in [3.05, 3.63) is 34.1 Å². The third kappa shape index (κ3) is 2.20. The molecule has 0 spiro atoms. The first-order valence-electron chi connectivity index (χ1n) is 4.28. The van der Waals surface area contributed by atoms with E-state index >= 15 is 0 Å². The Morgan fingerprint density at radius 3 is 2.38 bits per heavy atom. The zero-order chi connectivity index (χ0) is 11.7. The molecule has 4 nitrogen and oxygen atoms in total. The van der Waals surface area contributed by atoms with E-state index in [4.69, 9.17) is 28.9 Å². The number of nitrogens with zero attached hydrogens (tertiary/aromatic N) is 1. The van der Waals surface area contributed by atoms with Crippen molar-refractivity contribution < 1.29 is 4.39 Å². The Hall–Kier alpha value is -1.46. The molecule has 1 heterocycles. The van der Waals surface area contributed by atoms with E-state index in [-0.39, 0.29) is 10.0 Å². The van der Waals surface area contributed by atoms with Crippen molar-refractivity contribution in [3.8, 4) is 0 Å². The van der Waals surface area contributed by atoms with Gasteiger partial charge >= 0.3 is 0 Å². The number of H-pyrrole nitrogens is 1. The second-order valence-corrected chi connectivity index (χ2v) is 3.90. The lowest BCUT2D eigenvalue weighted by Crippen LogP contribution is -1.92. The number of aromatic amines is 1. The summed E-state index contributed by atoms with van der Waals surface area (Å²) in [6.45, 7) is 0. The van der Waals surface area contributed by atoms with Crippen LogP contribution in [0.15, 0.2) is 18.2 Å². The highest BCUT2D eigenvalue weighted by atomic mass is 35.5. The van der Waals surface area contributed by atoms with Crippen LogP contribution in [-0.4, -0.2) is 10.2 Å². The lowest BCUT2D eigenvalue weighted by atomic mass is 10.3. The molecule has 0 aliphatic carbocycles. The molecule has 0 bridgehead atoms. The lowest BCUT2D eigenvalue weighted by Gasteiger charge is -2.05. The molecule has 16 heavy (non-hydrogen) atoms. The van der Waals surface area contributed by atoms with Crippen LogP contribution in [0.4, 0.5) is 21.7 Å². The number of aromatic nitrogens is 2. The predicted octanol–water partition coefficient (Wildman–Crippen LogP) is 3.18. The molecule has 1 aromatic heterocycles. The molecule has 7 heteroatoms. The molecule has 4 N–H and O–H groups in total. The fraction of sp³-hybridized carbons (Fsp3) is 0. The van der Waals surface area contributed by atoms with Gasteiger partial charge in [-0.2, -0.15) is 5.10 Å². The summed E-state index contributed by atoms with van der Waals surface area (Å²) in [6, 6.07) is 4.41. The van der Waals surface area contributed by atoms with Crippen LogP contribution in [-0.2, 0) is 0 Å². The van der Waals surface area contributed by atoms with Crippen molar-refractivity contribution in [1.29, 1.82) is 0 Å². The fourth-order valence-corrected chi connectivity index (χ4v) is 1.66. The van der Waals surface area contributed by atoms with Gasteiger partial charge in [-0.1, -0.05) is 23.2 Å². The van der Waals surface area contributed by atoms with E-state index in [1.54, 1.807) is 6.07 Å². The van der Waals surface area contributed by atoms with Crippen molar-refractivity contribution in [2.24, 2.45) is 0 Å². The van der Waals surface area contributed by atoms with Gasteiger partial charge < -0.3 is 11.1 Å². The average Bonchev–Trinajstić information content (AvgIpc) is 2.60. The maximum atomic E-state index is 13.1. The van der Waals surface area contributed by atoms with Gasteiger partial charge in [-0.05, 0) is 12.1 Å². The normalized spacial score (nSPS) is 10.4. The third-order valence-corrected chi connectivity index (χ3v) is 2.40. The molecule has 0 aliphatic rings. The first-order valence-corrected chi connectivity index (χ1v) is 5.04. The number of hydrogen-bond donors (Lipinski definition) is 3. The van der Waals surface area contributed by atoms with Gasteiger partial charge in [0, 0.05) is 11.8 Å². The van der Waals surface area contributed by atoms with Gasteiger partial charge in [0.25, 0.3) is 0 Å². The minimum absolute atomic E-state index is 0.0569. The molecule has 0 amide bonds. The maximum Gasteiger partial charge on any atom is 0.160 e. The summed E-state index contributed by atoms with van der Waals surface area (Å²) in [5.41, 5.74) is 5.98. The van der Waals surface area contributed by atoms with Crippen molar-refractivity contribution in [1.82, 2.24) is 10.2 Å². The summed E-state index contributed by atoms with van der Waals surface area (Å²) < 4.78 is 13.1. The summed E-state index contributed by atoms with van der Waals surface area (Å²) in [6.07, 6.45) is 0. The molecule has 0 fully saturated rings. The smallest absolute Gasteiger partial charge is 0.160 e. The first kappa shape index (κ1) is 11.0. The van der Waals surface area contributed by atoms with Crippen LogP contribution in [0.5, 0.6) is 0 Å². The second kappa shape index (κ2) is 4.19. The molecular weight excluding hydrogens is 254 g/mol. The van der Waals surface area contributed by atoms with Crippen LogP contribution in [0.25, 0.3) is 0 Å². The summed E-state index contributed by atoms with van der Waals surface area (Å²) in [7, 11) is 0. The maximum absolute atomic E-state index is 13.1. The van der Waals surface area contributed by atoms with E-state index < -0.39 is 5.82 Å². The molecule has 0 atom stereocenters. The van der Waals surface area contributed by atoms with Gasteiger partial charge in [0.1, 0.15) is 5.82 Å². The zero-order valence-corrected chi connectivity index (χ0v) is 9.40. The monoisotopic (exact) mass is 260 g/mol. The number of rotatable bonds is 2. The summed E-state index contributed by atoms with van der Waals surface area (Å²) in [4.78, 5) is 0. The SMILES string of the molecule is Nc1cc(Nc2cc(Cl)c(F)c(Cl)c2)n[nH]1. The van der Waals surface area contributed by atoms with Gasteiger partial charge in [0.15, 0.2) is 11.6 Å². The predicted molar refractivity (Wildman–Crippen MR) is 62.7 cm³/mol. The van der Waals surface area contributed by atoms with Crippen LogP contribution in [0.2, 0.25) is 10.0 Å². The van der Waals surface area contributed by atoms with E-state index in [0.29, 0.717) is 17.3 Å². The van der Waals surface area contributed by atoms with Crippen molar-refractivity contribution in [2.45, 2.75) is 0 Å². The molecule has 0 radical (unpaired) electrons. The molecule has 0 saturated carbocycles. The second-order valence-electron chi connectivity index (χ2n) is 3.09. The summed E-state index contributed by atoms with van der Waals surface area (Å²) >= 11 is 11.3. The number of nitrogen functional groups attached to an aromatic ring is 1. The van der Waals surface area contributed by atoms with Gasteiger partial charge in [-0.3, -0.25) is 5.10 Å². The zero-order valence-electron chi connectivity index (χ0n) is 7.89. The molecule has 0 aliphatic heterocycles. The largest absolute Gasteiger partial charge is 0.384 e. The van der Waals surface area contributed by atoms with Crippen LogP contribution in [0.3, 0.4) is 0 Å². The quantitative estimate of drug-likeness (QED) is 0.727. The first-order chi connectivity index (χ1) is 7.56.